The van der Waals surface area contributed by atoms with Crippen LogP contribution >= 0.6 is 0 Å². The van der Waals surface area contributed by atoms with Crippen LogP contribution in [0, 0.1) is 0 Å². The van der Waals surface area contributed by atoms with Gasteiger partial charge < -0.3 is 19.4 Å². The summed E-state index contributed by atoms with van der Waals surface area (Å²) in [4.78, 5) is 25.5. The summed E-state index contributed by atoms with van der Waals surface area (Å²) in [6, 6.07) is 9.06. The molecule has 0 fully saturated rings. The van der Waals surface area contributed by atoms with Gasteiger partial charge in [-0.1, -0.05) is 6.07 Å². The molecule has 2 aromatic rings. The van der Waals surface area contributed by atoms with E-state index in [4.69, 9.17) is 9.15 Å². The molecular formula is C17H18N2O4. The van der Waals surface area contributed by atoms with E-state index in [1.165, 1.54) is 0 Å². The Morgan fingerprint density at radius 3 is 3.00 bits per heavy atom. The number of benzene rings is 1. The molecule has 6 nitrogen and oxygen atoms in total. The van der Waals surface area contributed by atoms with E-state index in [9.17, 15) is 9.59 Å². The van der Waals surface area contributed by atoms with Crippen molar-refractivity contribution in [3.8, 4) is 5.75 Å². The summed E-state index contributed by atoms with van der Waals surface area (Å²) in [5, 5.41) is 2.80. The van der Waals surface area contributed by atoms with Crippen LogP contribution in [0.25, 0.3) is 0 Å². The van der Waals surface area contributed by atoms with Gasteiger partial charge >= 0.3 is 0 Å². The quantitative estimate of drug-likeness (QED) is 0.935. The van der Waals surface area contributed by atoms with Crippen molar-refractivity contribution < 1.29 is 18.7 Å². The van der Waals surface area contributed by atoms with E-state index in [1.807, 2.05) is 12.1 Å². The van der Waals surface area contributed by atoms with Crippen LogP contribution in [0.1, 0.15) is 17.7 Å². The Morgan fingerprint density at radius 1 is 1.35 bits per heavy atom. The molecule has 1 N–H and O–H groups in total. The van der Waals surface area contributed by atoms with E-state index in [-0.39, 0.29) is 18.2 Å². The zero-order valence-corrected chi connectivity index (χ0v) is 12.9. The first-order valence-corrected chi connectivity index (χ1v) is 7.45. The van der Waals surface area contributed by atoms with Gasteiger partial charge in [0.1, 0.15) is 11.5 Å². The van der Waals surface area contributed by atoms with Gasteiger partial charge in [-0.25, -0.2) is 0 Å². The summed E-state index contributed by atoms with van der Waals surface area (Å²) in [6.07, 6.45) is 2.15. The Balaban J connectivity index is 1.67. The molecule has 0 saturated heterocycles. The number of hydrogen-bond acceptors (Lipinski definition) is 4. The molecule has 0 saturated carbocycles. The number of fused-ring (bicyclic) bond motifs is 1. The highest BCUT2D eigenvalue weighted by Crippen LogP contribution is 2.31. The maximum atomic E-state index is 12.0. The number of nitrogens with zero attached hydrogens (tertiary/aromatic N) is 1. The number of furan rings is 1. The van der Waals surface area contributed by atoms with E-state index in [1.54, 1.807) is 36.4 Å². The molecule has 0 radical (unpaired) electrons. The van der Waals surface area contributed by atoms with Gasteiger partial charge in [0.25, 0.3) is 0 Å². The second-order valence-corrected chi connectivity index (χ2v) is 5.39. The van der Waals surface area contributed by atoms with Crippen molar-refractivity contribution >= 4 is 17.5 Å². The van der Waals surface area contributed by atoms with Crippen molar-refractivity contribution in [3.63, 3.8) is 0 Å². The van der Waals surface area contributed by atoms with Crippen LogP contribution in [-0.2, 0) is 22.6 Å². The van der Waals surface area contributed by atoms with Gasteiger partial charge in [-0.05, 0) is 29.8 Å². The molecule has 0 unspecified atom stereocenters. The normalized spacial score (nSPS) is 14.0. The molecule has 2 heterocycles. The SMILES string of the molecule is CN1C(=O)CCOc2ccc(CC(=O)NCc3ccco3)cc21. The standard InChI is InChI=1S/C17H18N2O4/c1-19-14-9-12(4-5-15(14)23-8-6-17(19)21)10-16(20)18-11-13-3-2-7-22-13/h2-5,7,9H,6,8,10-11H2,1H3,(H,18,20). The highest BCUT2D eigenvalue weighted by atomic mass is 16.5. The van der Waals surface area contributed by atoms with Crippen LogP contribution in [0.15, 0.2) is 41.0 Å². The van der Waals surface area contributed by atoms with Crippen molar-refractivity contribution in [2.45, 2.75) is 19.4 Å². The summed E-state index contributed by atoms with van der Waals surface area (Å²) < 4.78 is 10.7. The minimum absolute atomic E-state index is 0.00294. The third-order valence-corrected chi connectivity index (χ3v) is 3.74. The van der Waals surface area contributed by atoms with Gasteiger partial charge in [-0.2, -0.15) is 0 Å². The third kappa shape index (κ3) is 3.53. The molecule has 1 aliphatic rings. The number of carbonyl (C=O) groups excluding carboxylic acids is 2. The number of amides is 2. The van der Waals surface area contributed by atoms with E-state index in [0.29, 0.717) is 36.8 Å². The molecule has 0 bridgehead atoms. The molecule has 0 atom stereocenters. The van der Waals surface area contributed by atoms with E-state index in [0.717, 1.165) is 5.56 Å². The average Bonchev–Trinajstić information content (AvgIpc) is 3.02. The lowest BCUT2D eigenvalue weighted by Crippen LogP contribution is -2.26. The molecule has 3 rings (SSSR count). The Hall–Kier alpha value is -2.76. The lowest BCUT2D eigenvalue weighted by atomic mass is 10.1. The summed E-state index contributed by atoms with van der Waals surface area (Å²) >= 11 is 0. The number of anilines is 1. The topological polar surface area (TPSA) is 71.8 Å². The smallest absolute Gasteiger partial charge is 0.230 e. The Morgan fingerprint density at radius 2 is 2.22 bits per heavy atom. The van der Waals surface area contributed by atoms with Gasteiger partial charge in [0.2, 0.25) is 11.8 Å². The van der Waals surface area contributed by atoms with Crippen molar-refractivity contribution in [1.29, 1.82) is 0 Å². The molecule has 0 aliphatic carbocycles. The van der Waals surface area contributed by atoms with Crippen molar-refractivity contribution in [2.24, 2.45) is 0 Å². The Kier molecular flexibility index (Phi) is 4.32. The maximum absolute atomic E-state index is 12.0. The molecule has 23 heavy (non-hydrogen) atoms. The number of rotatable bonds is 4. The molecule has 120 valence electrons. The number of nitrogens with one attached hydrogen (secondary N) is 1. The number of carbonyl (C=O) groups is 2. The van der Waals surface area contributed by atoms with Gasteiger partial charge in [0, 0.05) is 7.05 Å². The summed E-state index contributed by atoms with van der Waals surface area (Å²) in [5.41, 5.74) is 1.52. The van der Waals surface area contributed by atoms with E-state index < -0.39 is 0 Å². The van der Waals surface area contributed by atoms with Crippen LogP contribution < -0.4 is 15.0 Å². The zero-order valence-electron chi connectivity index (χ0n) is 12.9. The predicted octanol–water partition coefficient (Wildman–Crippen LogP) is 1.88. The second kappa shape index (κ2) is 6.56. The lowest BCUT2D eigenvalue weighted by Gasteiger charge is -2.17. The van der Waals surface area contributed by atoms with Crippen LogP contribution in [0.2, 0.25) is 0 Å². The van der Waals surface area contributed by atoms with Gasteiger partial charge in [-0.15, -0.1) is 0 Å². The lowest BCUT2D eigenvalue weighted by molar-refractivity contribution is -0.120. The molecule has 2 amide bonds. The van der Waals surface area contributed by atoms with E-state index >= 15 is 0 Å². The van der Waals surface area contributed by atoms with Gasteiger partial charge in [0.15, 0.2) is 0 Å². The number of ether oxygens (including phenoxy) is 1. The van der Waals surface area contributed by atoms with E-state index in [2.05, 4.69) is 5.32 Å². The van der Waals surface area contributed by atoms with Crippen LogP contribution in [0.3, 0.4) is 0 Å². The molecule has 0 spiro atoms. The van der Waals surface area contributed by atoms with Crippen LogP contribution in [0.4, 0.5) is 5.69 Å². The molecule has 1 aromatic heterocycles. The fourth-order valence-electron chi connectivity index (χ4n) is 2.45. The van der Waals surface area contributed by atoms with Crippen LogP contribution in [-0.4, -0.2) is 25.5 Å². The first-order chi connectivity index (χ1) is 11.1. The minimum atomic E-state index is -0.107. The second-order valence-electron chi connectivity index (χ2n) is 5.39. The molecule has 1 aromatic carbocycles. The number of hydrogen-bond donors (Lipinski definition) is 1. The van der Waals surface area contributed by atoms with Gasteiger partial charge in [-0.3, -0.25) is 9.59 Å². The summed E-state index contributed by atoms with van der Waals surface area (Å²) in [5.74, 6) is 1.27. The molecule has 6 heteroatoms. The third-order valence-electron chi connectivity index (χ3n) is 3.74. The molecule has 1 aliphatic heterocycles. The van der Waals surface area contributed by atoms with Crippen LogP contribution in [0.5, 0.6) is 5.75 Å². The largest absolute Gasteiger partial charge is 0.491 e. The minimum Gasteiger partial charge on any atom is -0.491 e. The predicted molar refractivity (Wildman–Crippen MR) is 84.2 cm³/mol. The maximum Gasteiger partial charge on any atom is 0.230 e. The van der Waals surface area contributed by atoms with Crippen molar-refractivity contribution in [2.75, 3.05) is 18.6 Å². The summed E-state index contributed by atoms with van der Waals surface area (Å²) in [7, 11) is 1.72. The highest BCUT2D eigenvalue weighted by molar-refractivity contribution is 5.95. The first-order valence-electron chi connectivity index (χ1n) is 7.45. The van der Waals surface area contributed by atoms with Crippen molar-refractivity contribution in [1.82, 2.24) is 5.32 Å². The Bertz CT molecular complexity index is 709. The monoisotopic (exact) mass is 314 g/mol. The van der Waals surface area contributed by atoms with Crippen molar-refractivity contribution in [3.05, 3.63) is 47.9 Å². The molecular weight excluding hydrogens is 296 g/mol. The highest BCUT2D eigenvalue weighted by Gasteiger charge is 2.20. The Labute approximate surface area is 134 Å². The fraction of sp³-hybridized carbons (Fsp3) is 0.294. The first kappa shape index (κ1) is 15.1. The fourth-order valence-corrected chi connectivity index (χ4v) is 2.45. The van der Waals surface area contributed by atoms with Gasteiger partial charge in [0.05, 0.1) is 37.9 Å². The zero-order chi connectivity index (χ0) is 16.2. The summed E-state index contributed by atoms with van der Waals surface area (Å²) in [6.45, 7) is 0.734. The average molecular weight is 314 g/mol.